The minimum Gasteiger partial charge on any atom is -0.395 e. The highest BCUT2D eigenvalue weighted by Gasteiger charge is 2.24. The van der Waals surface area contributed by atoms with Crippen molar-refractivity contribution in [3.05, 3.63) is 29.3 Å². The molecule has 0 aliphatic heterocycles. The SMILES string of the molecule is CCC(C#N)S(=O)(=O)Nc1ccc(C)cc1C#CCCO. The summed E-state index contributed by atoms with van der Waals surface area (Å²) in [4.78, 5) is 0. The van der Waals surface area contributed by atoms with Gasteiger partial charge in [0.15, 0.2) is 5.25 Å². The van der Waals surface area contributed by atoms with Crippen molar-refractivity contribution in [3.63, 3.8) is 0 Å². The van der Waals surface area contributed by atoms with Crippen LogP contribution in [0.3, 0.4) is 0 Å². The number of aliphatic hydroxyl groups is 1. The summed E-state index contributed by atoms with van der Waals surface area (Å²) < 4.78 is 26.6. The zero-order chi connectivity index (χ0) is 15.9. The lowest BCUT2D eigenvalue weighted by Crippen LogP contribution is -2.26. The lowest BCUT2D eigenvalue weighted by molar-refractivity contribution is 0.305. The maximum atomic E-state index is 12.1. The van der Waals surface area contributed by atoms with Gasteiger partial charge in [-0.1, -0.05) is 24.8 Å². The number of sulfonamides is 1. The Bertz CT molecular complexity index is 694. The first-order valence-electron chi connectivity index (χ1n) is 6.56. The molecule has 112 valence electrons. The highest BCUT2D eigenvalue weighted by atomic mass is 32.2. The van der Waals surface area contributed by atoms with Crippen LogP contribution in [0.5, 0.6) is 0 Å². The van der Waals surface area contributed by atoms with Gasteiger partial charge in [-0.15, -0.1) is 0 Å². The van der Waals surface area contributed by atoms with Gasteiger partial charge in [0.2, 0.25) is 10.0 Å². The van der Waals surface area contributed by atoms with Crippen molar-refractivity contribution < 1.29 is 13.5 Å². The molecule has 0 aromatic heterocycles. The van der Waals surface area contributed by atoms with Gasteiger partial charge in [0.25, 0.3) is 0 Å². The molecule has 0 aliphatic carbocycles. The molecule has 1 aromatic carbocycles. The molecule has 0 spiro atoms. The second-order valence-corrected chi connectivity index (χ2v) is 6.36. The van der Waals surface area contributed by atoms with Crippen molar-refractivity contribution in [3.8, 4) is 17.9 Å². The number of benzene rings is 1. The van der Waals surface area contributed by atoms with Crippen LogP contribution in [0, 0.1) is 30.1 Å². The normalized spacial score (nSPS) is 11.9. The fourth-order valence-corrected chi connectivity index (χ4v) is 2.87. The summed E-state index contributed by atoms with van der Waals surface area (Å²) >= 11 is 0. The molecule has 1 atom stereocenters. The number of nitriles is 1. The van der Waals surface area contributed by atoms with Crippen LogP contribution in [-0.2, 0) is 10.0 Å². The van der Waals surface area contributed by atoms with Crippen LogP contribution in [0.15, 0.2) is 18.2 Å². The van der Waals surface area contributed by atoms with E-state index in [0.29, 0.717) is 17.7 Å². The number of aliphatic hydroxyl groups excluding tert-OH is 1. The molecule has 0 radical (unpaired) electrons. The Labute approximate surface area is 125 Å². The number of nitrogens with one attached hydrogen (secondary N) is 1. The molecule has 0 amide bonds. The smallest absolute Gasteiger partial charge is 0.249 e. The first-order chi connectivity index (χ1) is 9.94. The van der Waals surface area contributed by atoms with Crippen LogP contribution < -0.4 is 4.72 Å². The molecule has 0 aliphatic rings. The lowest BCUT2D eigenvalue weighted by atomic mass is 10.1. The Kier molecular flexibility index (Phi) is 6.23. The average molecular weight is 306 g/mol. The van der Waals surface area contributed by atoms with Crippen molar-refractivity contribution in [2.24, 2.45) is 0 Å². The summed E-state index contributed by atoms with van der Waals surface area (Å²) in [6, 6.07) is 6.93. The van der Waals surface area contributed by atoms with Crippen LogP contribution in [0.2, 0.25) is 0 Å². The molecule has 2 N–H and O–H groups in total. The van der Waals surface area contributed by atoms with Gasteiger partial charge >= 0.3 is 0 Å². The fourth-order valence-electron chi connectivity index (χ4n) is 1.67. The summed E-state index contributed by atoms with van der Waals surface area (Å²) in [6.45, 7) is 3.47. The number of hydrogen-bond acceptors (Lipinski definition) is 4. The number of rotatable bonds is 5. The van der Waals surface area contributed by atoms with E-state index in [1.54, 1.807) is 31.2 Å². The van der Waals surface area contributed by atoms with E-state index in [4.69, 9.17) is 10.4 Å². The van der Waals surface area contributed by atoms with Crippen molar-refractivity contribution in [2.75, 3.05) is 11.3 Å². The second-order valence-electron chi connectivity index (χ2n) is 4.50. The minimum absolute atomic E-state index is 0.0494. The van der Waals surface area contributed by atoms with Crippen molar-refractivity contribution >= 4 is 15.7 Å². The molecule has 0 bridgehead atoms. The molecule has 0 fully saturated rings. The van der Waals surface area contributed by atoms with E-state index < -0.39 is 15.3 Å². The quantitative estimate of drug-likeness (QED) is 0.811. The predicted molar refractivity (Wildman–Crippen MR) is 82.0 cm³/mol. The highest BCUT2D eigenvalue weighted by Crippen LogP contribution is 2.20. The van der Waals surface area contributed by atoms with Crippen LogP contribution in [-0.4, -0.2) is 25.4 Å². The third kappa shape index (κ3) is 4.78. The van der Waals surface area contributed by atoms with Crippen molar-refractivity contribution in [1.82, 2.24) is 0 Å². The molecule has 21 heavy (non-hydrogen) atoms. The monoisotopic (exact) mass is 306 g/mol. The second kappa shape index (κ2) is 7.68. The van der Waals surface area contributed by atoms with E-state index in [1.807, 2.05) is 6.92 Å². The first-order valence-corrected chi connectivity index (χ1v) is 8.10. The van der Waals surface area contributed by atoms with E-state index >= 15 is 0 Å². The Hall–Kier alpha value is -2.02. The van der Waals surface area contributed by atoms with Gasteiger partial charge in [-0.25, -0.2) is 8.42 Å². The maximum Gasteiger partial charge on any atom is 0.249 e. The van der Waals surface area contributed by atoms with E-state index in [-0.39, 0.29) is 13.0 Å². The van der Waals surface area contributed by atoms with E-state index in [1.165, 1.54) is 0 Å². The molecule has 0 saturated carbocycles. The lowest BCUT2D eigenvalue weighted by Gasteiger charge is -2.13. The molecule has 0 saturated heterocycles. The Morgan fingerprint density at radius 1 is 1.43 bits per heavy atom. The van der Waals surface area contributed by atoms with Crippen LogP contribution in [0.1, 0.15) is 30.9 Å². The molecule has 0 heterocycles. The number of hydrogen-bond donors (Lipinski definition) is 2. The standard InChI is InChI=1S/C15H18N2O3S/c1-3-14(11-16)21(19,20)17-15-8-7-12(2)10-13(15)6-4-5-9-18/h7-8,10,14,17-18H,3,5,9H2,1-2H3. The van der Waals surface area contributed by atoms with Gasteiger partial charge in [0.05, 0.1) is 18.4 Å². The van der Waals surface area contributed by atoms with Gasteiger partial charge in [-0.2, -0.15) is 5.26 Å². The zero-order valence-electron chi connectivity index (χ0n) is 12.0. The number of aryl methyl sites for hydroxylation is 1. The van der Waals surface area contributed by atoms with E-state index in [2.05, 4.69) is 16.6 Å². The molecular weight excluding hydrogens is 288 g/mol. The summed E-state index contributed by atoms with van der Waals surface area (Å²) in [5.41, 5.74) is 1.82. The Morgan fingerprint density at radius 2 is 2.14 bits per heavy atom. The zero-order valence-corrected chi connectivity index (χ0v) is 12.9. The van der Waals surface area contributed by atoms with Gasteiger partial charge in [0.1, 0.15) is 0 Å². The van der Waals surface area contributed by atoms with E-state index in [0.717, 1.165) is 5.56 Å². The van der Waals surface area contributed by atoms with Crippen LogP contribution in [0.4, 0.5) is 5.69 Å². The van der Waals surface area contributed by atoms with Crippen molar-refractivity contribution in [1.29, 1.82) is 5.26 Å². The van der Waals surface area contributed by atoms with Crippen molar-refractivity contribution in [2.45, 2.75) is 31.9 Å². The Balaban J connectivity index is 3.15. The molecule has 5 nitrogen and oxygen atoms in total. The number of nitrogens with zero attached hydrogens (tertiary/aromatic N) is 1. The topological polar surface area (TPSA) is 90.2 Å². The van der Waals surface area contributed by atoms with Crippen LogP contribution >= 0.6 is 0 Å². The molecule has 1 rings (SSSR count). The highest BCUT2D eigenvalue weighted by molar-refractivity contribution is 7.93. The minimum atomic E-state index is -3.77. The third-order valence-electron chi connectivity index (χ3n) is 2.78. The predicted octanol–water partition coefficient (Wildman–Crippen LogP) is 1.77. The number of anilines is 1. The molecule has 1 unspecified atom stereocenters. The summed E-state index contributed by atoms with van der Waals surface area (Å²) in [7, 11) is -3.77. The summed E-state index contributed by atoms with van der Waals surface area (Å²) in [5, 5.41) is 16.5. The van der Waals surface area contributed by atoms with Gasteiger partial charge in [0, 0.05) is 12.0 Å². The Morgan fingerprint density at radius 3 is 2.71 bits per heavy atom. The summed E-state index contributed by atoms with van der Waals surface area (Å²) in [5.74, 6) is 5.59. The van der Waals surface area contributed by atoms with Gasteiger partial charge in [-0.05, 0) is 31.0 Å². The maximum absolute atomic E-state index is 12.1. The van der Waals surface area contributed by atoms with Gasteiger partial charge in [-0.3, -0.25) is 4.72 Å². The van der Waals surface area contributed by atoms with E-state index in [9.17, 15) is 8.42 Å². The first kappa shape index (κ1) is 17.0. The fraction of sp³-hybridized carbons (Fsp3) is 0.400. The molecule has 1 aromatic rings. The van der Waals surface area contributed by atoms with Gasteiger partial charge < -0.3 is 5.11 Å². The molecule has 6 heteroatoms. The average Bonchev–Trinajstić information content (AvgIpc) is 2.43. The molecular formula is C15H18N2O3S. The summed E-state index contributed by atoms with van der Waals surface area (Å²) in [6.07, 6.45) is 0.527. The third-order valence-corrected chi connectivity index (χ3v) is 4.47. The van der Waals surface area contributed by atoms with Crippen LogP contribution in [0.25, 0.3) is 0 Å². The largest absolute Gasteiger partial charge is 0.395 e.